The standard InChI is InChI=1S/C10H10BrClN2O2/c11-8-2-1-7(9(12)13-8)10(15)14-3-5-16-6-4-14/h1-2H,3-6H2. The second kappa shape index (κ2) is 5.12. The van der Waals surface area contributed by atoms with Crippen LogP contribution in [-0.2, 0) is 4.74 Å². The van der Waals surface area contributed by atoms with Crippen molar-refractivity contribution in [2.45, 2.75) is 0 Å². The lowest BCUT2D eigenvalue weighted by Crippen LogP contribution is -2.40. The summed E-state index contributed by atoms with van der Waals surface area (Å²) in [5.74, 6) is -0.0895. The molecule has 1 fully saturated rings. The number of halogens is 2. The molecule has 2 heterocycles. The number of hydrogen-bond acceptors (Lipinski definition) is 3. The van der Waals surface area contributed by atoms with Crippen LogP contribution in [0.4, 0.5) is 0 Å². The molecule has 0 bridgehead atoms. The summed E-state index contributed by atoms with van der Waals surface area (Å²) in [6, 6.07) is 3.39. The lowest BCUT2D eigenvalue weighted by molar-refractivity contribution is 0.0302. The second-order valence-corrected chi connectivity index (χ2v) is 4.55. The van der Waals surface area contributed by atoms with Gasteiger partial charge in [-0.15, -0.1) is 0 Å². The first-order valence-corrected chi connectivity index (χ1v) is 6.04. The van der Waals surface area contributed by atoms with Crippen molar-refractivity contribution in [2.75, 3.05) is 26.3 Å². The SMILES string of the molecule is O=C(c1ccc(Br)nc1Cl)N1CCOCC1. The quantitative estimate of drug-likeness (QED) is 0.745. The van der Waals surface area contributed by atoms with Crippen LogP contribution in [0.25, 0.3) is 0 Å². The van der Waals surface area contributed by atoms with Gasteiger partial charge in [-0.2, -0.15) is 0 Å². The smallest absolute Gasteiger partial charge is 0.257 e. The number of carbonyl (C=O) groups excluding carboxylic acids is 1. The van der Waals surface area contributed by atoms with E-state index in [1.807, 2.05) is 0 Å². The Balaban J connectivity index is 2.19. The van der Waals surface area contributed by atoms with Crippen molar-refractivity contribution >= 4 is 33.4 Å². The number of pyridine rings is 1. The van der Waals surface area contributed by atoms with Crippen LogP contribution in [0.3, 0.4) is 0 Å². The van der Waals surface area contributed by atoms with Crippen LogP contribution in [0, 0.1) is 0 Å². The lowest BCUT2D eigenvalue weighted by Gasteiger charge is -2.26. The molecule has 0 N–H and O–H groups in total. The maximum absolute atomic E-state index is 12.1. The molecule has 0 saturated carbocycles. The van der Waals surface area contributed by atoms with Gasteiger partial charge in [-0.1, -0.05) is 11.6 Å². The van der Waals surface area contributed by atoms with Crippen molar-refractivity contribution in [3.05, 3.63) is 27.5 Å². The van der Waals surface area contributed by atoms with Gasteiger partial charge in [0.2, 0.25) is 0 Å². The number of carbonyl (C=O) groups is 1. The van der Waals surface area contributed by atoms with Crippen molar-refractivity contribution in [3.63, 3.8) is 0 Å². The van der Waals surface area contributed by atoms with Gasteiger partial charge < -0.3 is 9.64 Å². The summed E-state index contributed by atoms with van der Waals surface area (Å²) in [4.78, 5) is 17.8. The van der Waals surface area contributed by atoms with E-state index in [4.69, 9.17) is 16.3 Å². The van der Waals surface area contributed by atoms with Gasteiger partial charge in [0, 0.05) is 13.1 Å². The molecule has 6 heteroatoms. The fraction of sp³-hybridized carbons (Fsp3) is 0.400. The highest BCUT2D eigenvalue weighted by molar-refractivity contribution is 9.10. The molecule has 0 aromatic carbocycles. The van der Waals surface area contributed by atoms with Crippen LogP contribution in [0.5, 0.6) is 0 Å². The molecule has 16 heavy (non-hydrogen) atoms. The van der Waals surface area contributed by atoms with Crippen LogP contribution in [0.1, 0.15) is 10.4 Å². The van der Waals surface area contributed by atoms with E-state index in [-0.39, 0.29) is 11.1 Å². The van der Waals surface area contributed by atoms with E-state index >= 15 is 0 Å². The van der Waals surface area contributed by atoms with Crippen LogP contribution < -0.4 is 0 Å². The third kappa shape index (κ3) is 2.53. The first-order valence-electron chi connectivity index (χ1n) is 4.87. The number of amides is 1. The Bertz CT molecular complexity index is 408. The van der Waals surface area contributed by atoms with Crippen LogP contribution in [0.2, 0.25) is 5.15 Å². The molecule has 0 atom stereocenters. The van der Waals surface area contributed by atoms with Gasteiger partial charge in [0.05, 0.1) is 18.8 Å². The highest BCUT2D eigenvalue weighted by atomic mass is 79.9. The Labute approximate surface area is 107 Å². The molecular weight excluding hydrogens is 295 g/mol. The van der Waals surface area contributed by atoms with Gasteiger partial charge in [-0.3, -0.25) is 4.79 Å². The highest BCUT2D eigenvalue weighted by Crippen LogP contribution is 2.19. The first-order chi connectivity index (χ1) is 7.68. The molecule has 86 valence electrons. The maximum Gasteiger partial charge on any atom is 0.257 e. The molecule has 0 aliphatic carbocycles. The van der Waals surface area contributed by atoms with Crippen molar-refractivity contribution in [1.82, 2.24) is 9.88 Å². The molecular formula is C10H10BrClN2O2. The fourth-order valence-electron chi connectivity index (χ4n) is 1.51. The zero-order chi connectivity index (χ0) is 11.5. The molecule has 2 rings (SSSR count). The predicted molar refractivity (Wildman–Crippen MR) is 63.7 cm³/mol. The average molecular weight is 306 g/mol. The van der Waals surface area contributed by atoms with Crippen LogP contribution in [0.15, 0.2) is 16.7 Å². The summed E-state index contributed by atoms with van der Waals surface area (Å²) >= 11 is 9.12. The first kappa shape index (κ1) is 11.8. The summed E-state index contributed by atoms with van der Waals surface area (Å²) < 4.78 is 5.81. The maximum atomic E-state index is 12.1. The van der Waals surface area contributed by atoms with Gasteiger partial charge in [-0.05, 0) is 28.1 Å². The molecule has 1 aromatic heterocycles. The number of aromatic nitrogens is 1. The van der Waals surface area contributed by atoms with Gasteiger partial charge in [0.15, 0.2) is 0 Å². The van der Waals surface area contributed by atoms with E-state index < -0.39 is 0 Å². The Morgan fingerprint density at radius 3 is 2.75 bits per heavy atom. The number of nitrogens with zero attached hydrogens (tertiary/aromatic N) is 2. The number of rotatable bonds is 1. The number of morpholine rings is 1. The largest absolute Gasteiger partial charge is 0.378 e. The predicted octanol–water partition coefficient (Wildman–Crippen LogP) is 1.97. The molecule has 1 saturated heterocycles. The molecule has 1 aliphatic heterocycles. The minimum atomic E-state index is -0.0895. The van der Waals surface area contributed by atoms with Crippen molar-refractivity contribution in [2.24, 2.45) is 0 Å². The highest BCUT2D eigenvalue weighted by Gasteiger charge is 2.21. The Morgan fingerprint density at radius 2 is 2.12 bits per heavy atom. The molecule has 0 radical (unpaired) electrons. The molecule has 4 nitrogen and oxygen atoms in total. The van der Waals surface area contributed by atoms with E-state index in [0.717, 1.165) is 0 Å². The summed E-state index contributed by atoms with van der Waals surface area (Å²) in [5, 5.41) is 0.228. The van der Waals surface area contributed by atoms with Gasteiger partial charge in [-0.25, -0.2) is 4.98 Å². The van der Waals surface area contributed by atoms with Gasteiger partial charge in [0.25, 0.3) is 5.91 Å². The van der Waals surface area contributed by atoms with E-state index in [1.54, 1.807) is 17.0 Å². The normalized spacial score (nSPS) is 16.2. The van der Waals surface area contributed by atoms with Crippen LogP contribution >= 0.6 is 27.5 Å². The number of hydrogen-bond donors (Lipinski definition) is 0. The molecule has 0 spiro atoms. The van der Waals surface area contributed by atoms with E-state index in [2.05, 4.69) is 20.9 Å². The van der Waals surface area contributed by atoms with Crippen LogP contribution in [-0.4, -0.2) is 42.1 Å². The van der Waals surface area contributed by atoms with Crippen molar-refractivity contribution in [3.8, 4) is 0 Å². The molecule has 1 aliphatic rings. The van der Waals surface area contributed by atoms with Gasteiger partial charge in [0.1, 0.15) is 9.76 Å². The Kier molecular flexibility index (Phi) is 3.78. The third-order valence-electron chi connectivity index (χ3n) is 2.34. The van der Waals surface area contributed by atoms with E-state index in [9.17, 15) is 4.79 Å². The summed E-state index contributed by atoms with van der Waals surface area (Å²) in [6.07, 6.45) is 0. The summed E-state index contributed by atoms with van der Waals surface area (Å²) in [5.41, 5.74) is 0.437. The zero-order valence-electron chi connectivity index (χ0n) is 8.45. The third-order valence-corrected chi connectivity index (χ3v) is 3.07. The second-order valence-electron chi connectivity index (χ2n) is 3.38. The summed E-state index contributed by atoms with van der Waals surface area (Å²) in [7, 11) is 0. The van der Waals surface area contributed by atoms with Crippen molar-refractivity contribution in [1.29, 1.82) is 0 Å². The zero-order valence-corrected chi connectivity index (χ0v) is 10.8. The van der Waals surface area contributed by atoms with Gasteiger partial charge >= 0.3 is 0 Å². The molecule has 1 amide bonds. The fourth-order valence-corrected chi connectivity index (χ4v) is 2.15. The van der Waals surface area contributed by atoms with Crippen molar-refractivity contribution < 1.29 is 9.53 Å². The lowest BCUT2D eigenvalue weighted by atomic mass is 10.2. The topological polar surface area (TPSA) is 42.4 Å². The minimum Gasteiger partial charge on any atom is -0.378 e. The van der Waals surface area contributed by atoms with E-state index in [1.165, 1.54) is 0 Å². The molecule has 1 aromatic rings. The monoisotopic (exact) mass is 304 g/mol. The molecule has 0 unspecified atom stereocenters. The Hall–Kier alpha value is -0.650. The van der Waals surface area contributed by atoms with E-state index in [0.29, 0.717) is 36.5 Å². The average Bonchev–Trinajstić information content (AvgIpc) is 2.29. The number of ether oxygens (including phenoxy) is 1. The minimum absolute atomic E-state index is 0.0895. The summed E-state index contributed by atoms with van der Waals surface area (Å²) in [6.45, 7) is 2.36. The Morgan fingerprint density at radius 1 is 1.44 bits per heavy atom.